The average molecular weight is 159 g/mol. The standard InChI is InChI=1S/C6H13N3O2/c1-2-4(5(10)11)3-9-6(7)8/h4H,2-3H2,1H3,(H,10,11)(H4,7,8,9). The predicted octanol–water partition coefficient (Wildman–Crippen LogP) is -0.420. The van der Waals surface area contributed by atoms with E-state index in [0.717, 1.165) is 0 Å². The highest BCUT2D eigenvalue weighted by molar-refractivity contribution is 5.76. The molecule has 0 rings (SSSR count). The van der Waals surface area contributed by atoms with Crippen molar-refractivity contribution >= 4 is 11.9 Å². The van der Waals surface area contributed by atoms with Gasteiger partial charge in [0.25, 0.3) is 0 Å². The molecule has 0 radical (unpaired) electrons. The first-order valence-electron chi connectivity index (χ1n) is 3.38. The summed E-state index contributed by atoms with van der Waals surface area (Å²) in [5, 5.41) is 17.8. The first-order valence-corrected chi connectivity index (χ1v) is 3.38. The van der Waals surface area contributed by atoms with E-state index in [1.54, 1.807) is 6.92 Å². The number of carboxylic acid groups (broad SMARTS) is 1. The van der Waals surface area contributed by atoms with E-state index in [1.165, 1.54) is 0 Å². The number of hydrogen-bond donors (Lipinski definition) is 4. The Bertz CT molecular complexity index is 158. The highest BCUT2D eigenvalue weighted by Gasteiger charge is 2.13. The van der Waals surface area contributed by atoms with Gasteiger partial charge in [-0.2, -0.15) is 0 Å². The normalized spacial score (nSPS) is 12.1. The van der Waals surface area contributed by atoms with E-state index in [1.807, 2.05) is 0 Å². The zero-order valence-corrected chi connectivity index (χ0v) is 6.42. The molecule has 11 heavy (non-hydrogen) atoms. The lowest BCUT2D eigenvalue weighted by atomic mass is 10.1. The highest BCUT2D eigenvalue weighted by atomic mass is 16.4. The Labute approximate surface area is 65.1 Å². The Balaban J connectivity index is 3.70. The number of aliphatic carboxylic acids is 1. The second-order valence-corrected chi connectivity index (χ2v) is 2.24. The Morgan fingerprint density at radius 3 is 2.64 bits per heavy atom. The monoisotopic (exact) mass is 159 g/mol. The summed E-state index contributed by atoms with van der Waals surface area (Å²) in [5.74, 6) is -1.51. The van der Waals surface area contributed by atoms with Crippen LogP contribution in [-0.4, -0.2) is 23.6 Å². The number of carbonyl (C=O) groups is 1. The van der Waals surface area contributed by atoms with Crippen molar-refractivity contribution in [1.29, 1.82) is 5.41 Å². The average Bonchev–Trinajstić information content (AvgIpc) is 1.87. The summed E-state index contributed by atoms with van der Waals surface area (Å²) in [6.07, 6.45) is 0.537. The van der Waals surface area contributed by atoms with E-state index in [9.17, 15) is 4.79 Å². The van der Waals surface area contributed by atoms with Gasteiger partial charge in [0.15, 0.2) is 5.96 Å². The minimum atomic E-state index is -0.860. The van der Waals surface area contributed by atoms with Gasteiger partial charge in [-0.15, -0.1) is 0 Å². The van der Waals surface area contributed by atoms with E-state index < -0.39 is 11.9 Å². The van der Waals surface area contributed by atoms with Crippen molar-refractivity contribution in [1.82, 2.24) is 5.32 Å². The van der Waals surface area contributed by atoms with Crippen molar-refractivity contribution in [2.75, 3.05) is 6.54 Å². The van der Waals surface area contributed by atoms with Gasteiger partial charge < -0.3 is 16.2 Å². The van der Waals surface area contributed by atoms with Gasteiger partial charge in [0.05, 0.1) is 5.92 Å². The van der Waals surface area contributed by atoms with Crippen LogP contribution in [0.1, 0.15) is 13.3 Å². The number of guanidine groups is 1. The topological polar surface area (TPSA) is 99.2 Å². The Kier molecular flexibility index (Phi) is 4.02. The molecule has 5 heteroatoms. The molecular weight excluding hydrogens is 146 g/mol. The minimum absolute atomic E-state index is 0.190. The summed E-state index contributed by atoms with van der Waals surface area (Å²) in [5.41, 5.74) is 4.97. The molecule has 0 bridgehead atoms. The molecule has 5 nitrogen and oxygen atoms in total. The number of nitrogens with one attached hydrogen (secondary N) is 2. The number of hydrogen-bond acceptors (Lipinski definition) is 2. The Morgan fingerprint density at radius 2 is 2.36 bits per heavy atom. The first kappa shape index (κ1) is 9.74. The summed E-state index contributed by atoms with van der Waals surface area (Å²) < 4.78 is 0. The van der Waals surface area contributed by atoms with Crippen LogP contribution < -0.4 is 11.1 Å². The van der Waals surface area contributed by atoms with Gasteiger partial charge >= 0.3 is 5.97 Å². The molecule has 0 saturated carbocycles. The molecule has 0 aromatic rings. The van der Waals surface area contributed by atoms with Crippen molar-refractivity contribution in [3.05, 3.63) is 0 Å². The Hall–Kier alpha value is -1.26. The number of nitrogens with two attached hydrogens (primary N) is 1. The van der Waals surface area contributed by atoms with Crippen molar-refractivity contribution in [2.45, 2.75) is 13.3 Å². The summed E-state index contributed by atoms with van der Waals surface area (Å²) >= 11 is 0. The van der Waals surface area contributed by atoms with Crippen LogP contribution in [0.25, 0.3) is 0 Å². The van der Waals surface area contributed by atoms with Crippen LogP contribution in [-0.2, 0) is 4.79 Å². The van der Waals surface area contributed by atoms with E-state index in [0.29, 0.717) is 6.42 Å². The second kappa shape index (κ2) is 4.54. The predicted molar refractivity (Wildman–Crippen MR) is 41.3 cm³/mol. The van der Waals surface area contributed by atoms with Crippen molar-refractivity contribution < 1.29 is 9.90 Å². The van der Waals surface area contributed by atoms with Crippen LogP contribution in [0, 0.1) is 11.3 Å². The molecule has 0 fully saturated rings. The van der Waals surface area contributed by atoms with Crippen LogP contribution >= 0.6 is 0 Å². The molecule has 0 aliphatic carbocycles. The zero-order valence-electron chi connectivity index (χ0n) is 6.42. The van der Waals surface area contributed by atoms with Crippen molar-refractivity contribution in [3.63, 3.8) is 0 Å². The van der Waals surface area contributed by atoms with Crippen molar-refractivity contribution in [3.8, 4) is 0 Å². The van der Waals surface area contributed by atoms with Gasteiger partial charge in [-0.05, 0) is 6.42 Å². The van der Waals surface area contributed by atoms with E-state index in [4.69, 9.17) is 16.2 Å². The lowest BCUT2D eigenvalue weighted by Crippen LogP contribution is -2.36. The molecule has 1 atom stereocenters. The summed E-state index contributed by atoms with van der Waals surface area (Å²) in [4.78, 5) is 10.4. The van der Waals surface area contributed by atoms with E-state index >= 15 is 0 Å². The maximum atomic E-state index is 10.4. The van der Waals surface area contributed by atoms with Crippen LogP contribution in [0.5, 0.6) is 0 Å². The molecular formula is C6H13N3O2. The van der Waals surface area contributed by atoms with Gasteiger partial charge in [-0.3, -0.25) is 10.2 Å². The molecule has 0 amide bonds. The third-order valence-corrected chi connectivity index (χ3v) is 1.38. The molecule has 0 spiro atoms. The number of rotatable bonds is 4. The van der Waals surface area contributed by atoms with Crippen LogP contribution in [0.4, 0.5) is 0 Å². The quantitative estimate of drug-likeness (QED) is 0.330. The molecule has 5 N–H and O–H groups in total. The molecule has 0 heterocycles. The van der Waals surface area contributed by atoms with E-state index in [2.05, 4.69) is 5.32 Å². The maximum absolute atomic E-state index is 10.4. The molecule has 0 aliphatic heterocycles. The largest absolute Gasteiger partial charge is 0.481 e. The highest BCUT2D eigenvalue weighted by Crippen LogP contribution is 1.99. The number of carboxylic acids is 1. The lowest BCUT2D eigenvalue weighted by Gasteiger charge is -2.09. The smallest absolute Gasteiger partial charge is 0.308 e. The van der Waals surface area contributed by atoms with Gasteiger partial charge in [-0.1, -0.05) is 6.92 Å². The maximum Gasteiger partial charge on any atom is 0.308 e. The van der Waals surface area contributed by atoms with Gasteiger partial charge in [-0.25, -0.2) is 0 Å². The fraction of sp³-hybridized carbons (Fsp3) is 0.667. The van der Waals surface area contributed by atoms with Gasteiger partial charge in [0, 0.05) is 6.54 Å². The van der Waals surface area contributed by atoms with Crippen LogP contribution in [0.3, 0.4) is 0 Å². The second-order valence-electron chi connectivity index (χ2n) is 2.24. The minimum Gasteiger partial charge on any atom is -0.481 e. The summed E-state index contributed by atoms with van der Waals surface area (Å²) in [6, 6.07) is 0. The Morgan fingerprint density at radius 1 is 1.82 bits per heavy atom. The van der Waals surface area contributed by atoms with Gasteiger partial charge in [0.2, 0.25) is 0 Å². The fourth-order valence-electron chi connectivity index (χ4n) is 0.639. The van der Waals surface area contributed by atoms with Crippen molar-refractivity contribution in [2.24, 2.45) is 11.7 Å². The summed E-state index contributed by atoms with van der Waals surface area (Å²) in [6.45, 7) is 2.00. The SMILES string of the molecule is CCC(CNC(=N)N)C(=O)O. The first-order chi connectivity index (χ1) is 5.07. The van der Waals surface area contributed by atoms with Gasteiger partial charge in [0.1, 0.15) is 0 Å². The lowest BCUT2D eigenvalue weighted by molar-refractivity contribution is -0.141. The molecule has 0 saturated heterocycles. The van der Waals surface area contributed by atoms with Crippen LogP contribution in [0.2, 0.25) is 0 Å². The third-order valence-electron chi connectivity index (χ3n) is 1.38. The summed E-state index contributed by atoms with van der Waals surface area (Å²) in [7, 11) is 0. The molecule has 0 aromatic heterocycles. The molecule has 1 unspecified atom stereocenters. The molecule has 0 aliphatic rings. The van der Waals surface area contributed by atoms with E-state index in [-0.39, 0.29) is 12.5 Å². The third kappa shape index (κ3) is 4.19. The zero-order chi connectivity index (χ0) is 8.85. The molecule has 64 valence electrons. The molecule has 0 aromatic carbocycles. The fourth-order valence-corrected chi connectivity index (χ4v) is 0.639. The van der Waals surface area contributed by atoms with Crippen LogP contribution in [0.15, 0.2) is 0 Å².